The van der Waals surface area contributed by atoms with Crippen molar-refractivity contribution >= 4 is 29.0 Å². The molecule has 9 nitrogen and oxygen atoms in total. The van der Waals surface area contributed by atoms with E-state index in [-0.39, 0.29) is 28.5 Å². The zero-order valence-corrected chi connectivity index (χ0v) is 18.0. The van der Waals surface area contributed by atoms with Crippen LogP contribution in [0.5, 0.6) is 23.0 Å². The van der Waals surface area contributed by atoms with Crippen LogP contribution in [0.3, 0.4) is 0 Å². The molecule has 0 aliphatic carbocycles. The van der Waals surface area contributed by atoms with Gasteiger partial charge in [-0.25, -0.2) is 0 Å². The minimum absolute atomic E-state index is 0.0273. The van der Waals surface area contributed by atoms with E-state index in [1.807, 2.05) is 6.92 Å². The third-order valence-electron chi connectivity index (χ3n) is 4.92. The van der Waals surface area contributed by atoms with Crippen molar-refractivity contribution in [1.29, 1.82) is 0 Å². The van der Waals surface area contributed by atoms with Crippen molar-refractivity contribution in [3.05, 3.63) is 35.9 Å². The van der Waals surface area contributed by atoms with Crippen molar-refractivity contribution in [3.63, 3.8) is 0 Å². The van der Waals surface area contributed by atoms with Gasteiger partial charge in [-0.3, -0.25) is 19.3 Å². The highest BCUT2D eigenvalue weighted by atomic mass is 16.5. The molecular formula is C22H24N2O7. The van der Waals surface area contributed by atoms with Crippen LogP contribution in [0.1, 0.15) is 24.2 Å². The van der Waals surface area contributed by atoms with Crippen molar-refractivity contribution in [2.45, 2.75) is 19.9 Å². The summed E-state index contributed by atoms with van der Waals surface area (Å²) in [4.78, 5) is 39.7. The van der Waals surface area contributed by atoms with Gasteiger partial charge in [-0.1, -0.05) is 12.1 Å². The molecule has 0 aromatic heterocycles. The fraction of sp³-hybridized carbons (Fsp3) is 0.318. The van der Waals surface area contributed by atoms with E-state index in [9.17, 15) is 14.4 Å². The zero-order chi connectivity index (χ0) is 22.7. The second-order valence-corrected chi connectivity index (χ2v) is 6.64. The predicted molar refractivity (Wildman–Crippen MR) is 114 cm³/mol. The van der Waals surface area contributed by atoms with Gasteiger partial charge < -0.3 is 24.3 Å². The molecule has 3 rings (SSSR count). The van der Waals surface area contributed by atoms with E-state index >= 15 is 0 Å². The fourth-order valence-electron chi connectivity index (χ4n) is 3.47. The monoisotopic (exact) mass is 428 g/mol. The van der Waals surface area contributed by atoms with Crippen LogP contribution in [0.4, 0.5) is 11.4 Å². The number of nitrogens with one attached hydrogen (secondary N) is 1. The molecule has 31 heavy (non-hydrogen) atoms. The Bertz CT molecular complexity index is 1030. The Labute approximate surface area is 179 Å². The Kier molecular flexibility index (Phi) is 6.33. The number of hydrogen-bond acceptors (Lipinski definition) is 7. The number of carbonyl (C=O) groups is 3. The lowest BCUT2D eigenvalue weighted by atomic mass is 10.1. The number of nitrogens with zero attached hydrogens (tertiary/aromatic N) is 1. The highest BCUT2D eigenvalue weighted by Gasteiger charge is 2.44. The molecule has 2 amide bonds. The first kappa shape index (κ1) is 21.9. The Balaban J connectivity index is 2.00. The molecule has 1 aliphatic rings. The number of anilines is 2. The lowest BCUT2D eigenvalue weighted by molar-refractivity contribution is -0.120. The molecule has 0 bridgehead atoms. The van der Waals surface area contributed by atoms with Gasteiger partial charge in [0.25, 0.3) is 11.7 Å². The minimum atomic E-state index is -1.00. The maximum absolute atomic E-state index is 13.0. The van der Waals surface area contributed by atoms with Crippen LogP contribution in [0.2, 0.25) is 0 Å². The highest BCUT2D eigenvalue weighted by Crippen LogP contribution is 2.48. The van der Waals surface area contributed by atoms with Gasteiger partial charge in [0.2, 0.25) is 11.7 Å². The van der Waals surface area contributed by atoms with Crippen molar-refractivity contribution < 1.29 is 33.3 Å². The van der Waals surface area contributed by atoms with E-state index in [1.165, 1.54) is 34.3 Å². The zero-order valence-electron chi connectivity index (χ0n) is 18.0. The highest BCUT2D eigenvalue weighted by molar-refractivity contribution is 6.53. The SMILES string of the molecule is CCOc1ccccc1NC(=O)C(C)N1C(=O)C(=O)c2c1cc(OC)c(OC)c2OC. The molecule has 164 valence electrons. The van der Waals surface area contributed by atoms with Gasteiger partial charge >= 0.3 is 0 Å². The van der Waals surface area contributed by atoms with E-state index in [2.05, 4.69) is 5.32 Å². The minimum Gasteiger partial charge on any atom is -0.493 e. The van der Waals surface area contributed by atoms with E-state index in [0.29, 0.717) is 18.0 Å². The van der Waals surface area contributed by atoms with Crippen LogP contribution in [-0.4, -0.2) is 51.6 Å². The number of methoxy groups -OCH3 is 3. The van der Waals surface area contributed by atoms with Gasteiger partial charge in [-0.15, -0.1) is 0 Å². The topological polar surface area (TPSA) is 103 Å². The average Bonchev–Trinajstić information content (AvgIpc) is 3.03. The molecule has 0 fully saturated rings. The summed E-state index contributed by atoms with van der Waals surface area (Å²) in [6, 6.07) is 7.44. The summed E-state index contributed by atoms with van der Waals surface area (Å²) in [5.41, 5.74) is 0.703. The summed E-state index contributed by atoms with van der Waals surface area (Å²) in [7, 11) is 4.18. The molecule has 1 aliphatic heterocycles. The van der Waals surface area contributed by atoms with Gasteiger partial charge in [0.05, 0.1) is 44.9 Å². The first-order chi connectivity index (χ1) is 14.9. The van der Waals surface area contributed by atoms with Crippen LogP contribution >= 0.6 is 0 Å². The summed E-state index contributed by atoms with van der Waals surface area (Å²) in [5, 5.41) is 2.76. The standard InChI is InChI=1S/C22H24N2O7/c1-6-31-15-10-8-7-9-13(15)23-21(26)12(2)24-14-11-16(28-3)19(29-4)20(30-5)17(14)18(25)22(24)27/h7-12H,6H2,1-5H3,(H,23,26). The molecule has 2 aromatic carbocycles. The Morgan fingerprint density at radius 2 is 1.71 bits per heavy atom. The number of hydrogen-bond donors (Lipinski definition) is 1. The summed E-state index contributed by atoms with van der Waals surface area (Å²) >= 11 is 0. The second kappa shape index (κ2) is 8.95. The Morgan fingerprint density at radius 3 is 2.32 bits per heavy atom. The van der Waals surface area contributed by atoms with Crippen molar-refractivity contribution in [1.82, 2.24) is 0 Å². The van der Waals surface area contributed by atoms with Crippen molar-refractivity contribution in [3.8, 4) is 23.0 Å². The molecule has 1 N–H and O–H groups in total. The van der Waals surface area contributed by atoms with Crippen molar-refractivity contribution in [2.24, 2.45) is 0 Å². The van der Waals surface area contributed by atoms with Crippen molar-refractivity contribution in [2.75, 3.05) is 38.2 Å². The van der Waals surface area contributed by atoms with Crippen LogP contribution in [-0.2, 0) is 9.59 Å². The molecule has 0 saturated carbocycles. The van der Waals surface area contributed by atoms with E-state index in [0.717, 1.165) is 4.90 Å². The molecule has 1 atom stereocenters. The number of rotatable bonds is 8. The first-order valence-electron chi connectivity index (χ1n) is 9.63. The molecule has 1 unspecified atom stereocenters. The number of benzene rings is 2. The summed E-state index contributed by atoms with van der Waals surface area (Å²) in [6.45, 7) is 3.79. The number of carbonyl (C=O) groups excluding carboxylic acids is 3. The van der Waals surface area contributed by atoms with Gasteiger partial charge in [0.1, 0.15) is 11.8 Å². The maximum Gasteiger partial charge on any atom is 0.300 e. The number of fused-ring (bicyclic) bond motifs is 1. The first-order valence-corrected chi connectivity index (χ1v) is 9.63. The van der Waals surface area contributed by atoms with E-state index < -0.39 is 23.6 Å². The molecule has 0 spiro atoms. The van der Waals surface area contributed by atoms with Crippen LogP contribution in [0.25, 0.3) is 0 Å². The number of amides is 2. The summed E-state index contributed by atoms with van der Waals surface area (Å²) in [6.07, 6.45) is 0. The molecule has 0 radical (unpaired) electrons. The van der Waals surface area contributed by atoms with Crippen LogP contribution in [0, 0.1) is 0 Å². The number of ether oxygens (including phenoxy) is 4. The normalized spacial score (nSPS) is 13.5. The third-order valence-corrected chi connectivity index (χ3v) is 4.92. The number of ketones is 1. The number of para-hydroxylation sites is 2. The molecule has 0 saturated heterocycles. The van der Waals surface area contributed by atoms with Gasteiger partial charge in [0, 0.05) is 6.07 Å². The lowest BCUT2D eigenvalue weighted by Crippen LogP contribution is -2.45. The van der Waals surface area contributed by atoms with E-state index in [4.69, 9.17) is 18.9 Å². The largest absolute Gasteiger partial charge is 0.493 e. The average molecular weight is 428 g/mol. The van der Waals surface area contributed by atoms with Gasteiger partial charge in [-0.2, -0.15) is 0 Å². The van der Waals surface area contributed by atoms with Gasteiger partial charge in [-0.05, 0) is 26.0 Å². The summed E-state index contributed by atoms with van der Waals surface area (Å²) in [5.74, 6) is -1.09. The lowest BCUT2D eigenvalue weighted by Gasteiger charge is -2.25. The van der Waals surface area contributed by atoms with Crippen LogP contribution in [0.15, 0.2) is 30.3 Å². The smallest absolute Gasteiger partial charge is 0.300 e. The van der Waals surface area contributed by atoms with Gasteiger partial charge in [0.15, 0.2) is 11.5 Å². The maximum atomic E-state index is 13.0. The molecule has 2 aromatic rings. The molecular weight excluding hydrogens is 404 g/mol. The van der Waals surface area contributed by atoms with E-state index in [1.54, 1.807) is 24.3 Å². The number of Topliss-reactive ketones (excluding diaryl/α,β-unsaturated/α-hetero) is 1. The molecule has 1 heterocycles. The predicted octanol–water partition coefficient (Wildman–Crippen LogP) is 2.67. The molecule has 9 heteroatoms. The summed E-state index contributed by atoms with van der Waals surface area (Å²) < 4.78 is 21.5. The Hall–Kier alpha value is -3.75. The third kappa shape index (κ3) is 3.74. The quantitative estimate of drug-likeness (QED) is 0.645. The Morgan fingerprint density at radius 1 is 1.03 bits per heavy atom. The fourth-order valence-corrected chi connectivity index (χ4v) is 3.47. The van der Waals surface area contributed by atoms with Crippen LogP contribution < -0.4 is 29.2 Å². The second-order valence-electron chi connectivity index (χ2n) is 6.64.